The summed E-state index contributed by atoms with van der Waals surface area (Å²) in [6.07, 6.45) is 4.84. The van der Waals surface area contributed by atoms with Gasteiger partial charge in [0, 0.05) is 25.0 Å². The summed E-state index contributed by atoms with van der Waals surface area (Å²) >= 11 is 7.31. The Morgan fingerprint density at radius 2 is 2.21 bits per heavy atom. The molecular weight excluding hydrogens is 280 g/mol. The van der Waals surface area contributed by atoms with Gasteiger partial charge < -0.3 is 10.2 Å². The van der Waals surface area contributed by atoms with Gasteiger partial charge in [0.25, 0.3) is 5.91 Å². The van der Waals surface area contributed by atoms with E-state index in [1.165, 1.54) is 30.6 Å². The van der Waals surface area contributed by atoms with Gasteiger partial charge in [0.15, 0.2) is 0 Å². The summed E-state index contributed by atoms with van der Waals surface area (Å²) in [7, 11) is 0. The Balaban J connectivity index is 1.72. The number of thiophene rings is 1. The van der Waals surface area contributed by atoms with E-state index in [0.717, 1.165) is 37.5 Å². The SMILES string of the molecule is O=C(c1ccc(Cl)s1)N1CCCC2(CCCNC2)C1. The van der Waals surface area contributed by atoms with Crippen molar-refractivity contribution in [3.8, 4) is 0 Å². The van der Waals surface area contributed by atoms with Gasteiger partial charge in [0.05, 0.1) is 9.21 Å². The number of amides is 1. The van der Waals surface area contributed by atoms with E-state index in [2.05, 4.69) is 5.32 Å². The highest BCUT2D eigenvalue weighted by molar-refractivity contribution is 7.17. The molecule has 19 heavy (non-hydrogen) atoms. The number of rotatable bonds is 1. The zero-order valence-corrected chi connectivity index (χ0v) is 12.5. The first-order valence-corrected chi connectivity index (χ1v) is 8.13. The van der Waals surface area contributed by atoms with Crippen LogP contribution in [0.4, 0.5) is 0 Å². The largest absolute Gasteiger partial charge is 0.337 e. The minimum Gasteiger partial charge on any atom is -0.337 e. The van der Waals surface area contributed by atoms with E-state index in [1.807, 2.05) is 11.0 Å². The zero-order valence-electron chi connectivity index (χ0n) is 11.0. The van der Waals surface area contributed by atoms with Crippen LogP contribution in [0.3, 0.4) is 0 Å². The number of likely N-dealkylation sites (tertiary alicyclic amines) is 1. The van der Waals surface area contributed by atoms with Gasteiger partial charge in [-0.2, -0.15) is 0 Å². The van der Waals surface area contributed by atoms with E-state index in [9.17, 15) is 4.79 Å². The summed E-state index contributed by atoms with van der Waals surface area (Å²) in [6.45, 7) is 3.96. The number of carbonyl (C=O) groups is 1. The lowest BCUT2D eigenvalue weighted by molar-refractivity contribution is 0.0438. The van der Waals surface area contributed by atoms with Crippen molar-refractivity contribution in [2.45, 2.75) is 25.7 Å². The molecule has 2 aliphatic rings. The molecule has 3 nitrogen and oxygen atoms in total. The lowest BCUT2D eigenvalue weighted by atomic mass is 9.74. The molecule has 3 rings (SSSR count). The Morgan fingerprint density at radius 1 is 1.37 bits per heavy atom. The second kappa shape index (κ2) is 5.43. The number of nitrogens with one attached hydrogen (secondary N) is 1. The molecule has 1 aromatic heterocycles. The topological polar surface area (TPSA) is 32.3 Å². The van der Waals surface area contributed by atoms with Crippen molar-refractivity contribution in [2.24, 2.45) is 5.41 Å². The first-order valence-electron chi connectivity index (χ1n) is 6.94. The van der Waals surface area contributed by atoms with E-state index in [4.69, 9.17) is 11.6 Å². The summed E-state index contributed by atoms with van der Waals surface area (Å²) in [5, 5.41) is 3.49. The van der Waals surface area contributed by atoms with Crippen LogP contribution >= 0.6 is 22.9 Å². The maximum Gasteiger partial charge on any atom is 0.263 e. The van der Waals surface area contributed by atoms with Crippen LogP contribution in [0.15, 0.2) is 12.1 Å². The Morgan fingerprint density at radius 3 is 2.89 bits per heavy atom. The summed E-state index contributed by atoms with van der Waals surface area (Å²) in [5.74, 6) is 0.154. The van der Waals surface area contributed by atoms with Crippen LogP contribution in [0.5, 0.6) is 0 Å². The first kappa shape index (κ1) is 13.4. The maximum absolute atomic E-state index is 12.5. The van der Waals surface area contributed by atoms with Crippen LogP contribution in [-0.2, 0) is 0 Å². The van der Waals surface area contributed by atoms with Crippen molar-refractivity contribution in [3.63, 3.8) is 0 Å². The molecule has 3 heterocycles. The lowest BCUT2D eigenvalue weighted by Gasteiger charge is -2.45. The van der Waals surface area contributed by atoms with Crippen LogP contribution in [0.2, 0.25) is 4.34 Å². The average molecular weight is 299 g/mol. The fourth-order valence-corrected chi connectivity index (χ4v) is 4.36. The number of hydrogen-bond donors (Lipinski definition) is 1. The van der Waals surface area contributed by atoms with Crippen LogP contribution < -0.4 is 5.32 Å². The van der Waals surface area contributed by atoms with Crippen LogP contribution in [0.25, 0.3) is 0 Å². The van der Waals surface area contributed by atoms with Gasteiger partial charge in [-0.25, -0.2) is 0 Å². The molecule has 0 aromatic carbocycles. The number of piperidine rings is 2. The summed E-state index contributed by atoms with van der Waals surface area (Å²) in [5.41, 5.74) is 0.313. The van der Waals surface area contributed by atoms with Crippen molar-refractivity contribution < 1.29 is 4.79 Å². The molecule has 2 saturated heterocycles. The maximum atomic E-state index is 12.5. The molecule has 104 valence electrons. The molecule has 0 bridgehead atoms. The van der Waals surface area contributed by atoms with E-state index in [1.54, 1.807) is 6.07 Å². The number of nitrogens with zero attached hydrogens (tertiary/aromatic N) is 1. The quantitative estimate of drug-likeness (QED) is 0.864. The highest BCUT2D eigenvalue weighted by Crippen LogP contribution is 2.36. The van der Waals surface area contributed by atoms with E-state index >= 15 is 0 Å². The van der Waals surface area contributed by atoms with Gasteiger partial charge in [0.2, 0.25) is 0 Å². The molecule has 1 aromatic rings. The third-order valence-electron chi connectivity index (χ3n) is 4.29. The minimum atomic E-state index is 0.154. The third kappa shape index (κ3) is 2.81. The lowest BCUT2D eigenvalue weighted by Crippen LogP contribution is -2.52. The molecule has 1 atom stereocenters. The Labute approximate surface area is 122 Å². The Hall–Kier alpha value is -0.580. The molecule has 1 amide bonds. The van der Waals surface area contributed by atoms with Gasteiger partial charge in [-0.3, -0.25) is 4.79 Å². The molecule has 0 saturated carbocycles. The van der Waals surface area contributed by atoms with Crippen molar-refractivity contribution in [2.75, 3.05) is 26.2 Å². The molecule has 1 spiro atoms. The third-order valence-corrected chi connectivity index (χ3v) is 5.51. The second-order valence-corrected chi connectivity index (χ2v) is 7.43. The molecule has 1 N–H and O–H groups in total. The highest BCUT2D eigenvalue weighted by Gasteiger charge is 2.38. The summed E-state index contributed by atoms with van der Waals surface area (Å²) in [4.78, 5) is 15.3. The van der Waals surface area contributed by atoms with Crippen molar-refractivity contribution in [3.05, 3.63) is 21.3 Å². The summed E-state index contributed by atoms with van der Waals surface area (Å²) in [6, 6.07) is 3.65. The molecule has 0 aliphatic carbocycles. The summed E-state index contributed by atoms with van der Waals surface area (Å²) < 4.78 is 0.689. The van der Waals surface area contributed by atoms with E-state index < -0.39 is 0 Å². The van der Waals surface area contributed by atoms with Crippen LogP contribution in [0.1, 0.15) is 35.4 Å². The normalized spacial score (nSPS) is 27.7. The molecule has 0 radical (unpaired) electrons. The van der Waals surface area contributed by atoms with Gasteiger partial charge in [0.1, 0.15) is 0 Å². The Bertz CT molecular complexity index is 462. The monoisotopic (exact) mass is 298 g/mol. The molecule has 2 aliphatic heterocycles. The van der Waals surface area contributed by atoms with Crippen molar-refractivity contribution >= 4 is 28.8 Å². The highest BCUT2D eigenvalue weighted by atomic mass is 35.5. The van der Waals surface area contributed by atoms with E-state index in [-0.39, 0.29) is 5.91 Å². The smallest absolute Gasteiger partial charge is 0.263 e. The van der Waals surface area contributed by atoms with Crippen LogP contribution in [0, 0.1) is 5.41 Å². The zero-order chi connectivity index (χ0) is 13.3. The predicted octanol–water partition coefficient (Wildman–Crippen LogP) is 3.01. The van der Waals surface area contributed by atoms with Gasteiger partial charge in [-0.15, -0.1) is 11.3 Å². The average Bonchev–Trinajstić information content (AvgIpc) is 2.85. The molecule has 2 fully saturated rings. The van der Waals surface area contributed by atoms with Gasteiger partial charge in [-0.05, 0) is 44.4 Å². The van der Waals surface area contributed by atoms with Crippen molar-refractivity contribution in [1.82, 2.24) is 10.2 Å². The van der Waals surface area contributed by atoms with E-state index in [0.29, 0.717) is 9.75 Å². The van der Waals surface area contributed by atoms with Crippen molar-refractivity contribution in [1.29, 1.82) is 0 Å². The standard InChI is InChI=1S/C14H19ClN2OS/c15-12-4-3-11(19-12)13(18)17-8-2-6-14(10-17)5-1-7-16-9-14/h3-4,16H,1-2,5-10H2. The fourth-order valence-electron chi connectivity index (χ4n) is 3.35. The van der Waals surface area contributed by atoms with Gasteiger partial charge in [-0.1, -0.05) is 11.6 Å². The molecular formula is C14H19ClN2OS. The second-order valence-electron chi connectivity index (χ2n) is 5.71. The fraction of sp³-hybridized carbons (Fsp3) is 0.643. The number of carbonyl (C=O) groups excluding carboxylic acids is 1. The molecule has 5 heteroatoms. The number of hydrogen-bond acceptors (Lipinski definition) is 3. The minimum absolute atomic E-state index is 0.154. The van der Waals surface area contributed by atoms with Gasteiger partial charge >= 0.3 is 0 Å². The van der Waals surface area contributed by atoms with Crippen LogP contribution in [-0.4, -0.2) is 37.0 Å². The number of halogens is 1. The molecule has 1 unspecified atom stereocenters. The first-order chi connectivity index (χ1) is 9.19. The predicted molar refractivity (Wildman–Crippen MR) is 79.0 cm³/mol. The Kier molecular flexibility index (Phi) is 3.83.